The second-order valence-electron chi connectivity index (χ2n) is 7.96. The van der Waals surface area contributed by atoms with Crippen molar-refractivity contribution in [1.82, 2.24) is 9.21 Å². The van der Waals surface area contributed by atoms with E-state index < -0.39 is 15.8 Å². The number of sulfonamides is 1. The van der Waals surface area contributed by atoms with E-state index in [-0.39, 0.29) is 29.9 Å². The van der Waals surface area contributed by atoms with Gasteiger partial charge in [0.25, 0.3) is 0 Å². The first-order chi connectivity index (χ1) is 14.7. The maximum atomic E-state index is 13.1. The van der Waals surface area contributed by atoms with Gasteiger partial charge < -0.3 is 5.32 Å². The summed E-state index contributed by atoms with van der Waals surface area (Å²) >= 11 is 0. The zero-order valence-corrected chi connectivity index (χ0v) is 19.0. The fourth-order valence-corrected chi connectivity index (χ4v) is 5.17. The Kier molecular flexibility index (Phi) is 7.46. The summed E-state index contributed by atoms with van der Waals surface area (Å²) in [4.78, 5) is 14.9. The Hall–Kier alpha value is -2.29. The lowest BCUT2D eigenvalue weighted by molar-refractivity contribution is -0.121. The SMILES string of the molecule is CC[C@@H](C)c1ccccc1NC(=O)[C@H](C)N1CCN(S(=O)(=O)c2ccc(F)cc2)CC1. The van der Waals surface area contributed by atoms with E-state index in [2.05, 4.69) is 19.2 Å². The molecular weight excluding hydrogens is 417 g/mol. The number of rotatable bonds is 7. The van der Waals surface area contributed by atoms with E-state index in [0.29, 0.717) is 19.0 Å². The maximum absolute atomic E-state index is 13.1. The van der Waals surface area contributed by atoms with E-state index in [9.17, 15) is 17.6 Å². The van der Waals surface area contributed by atoms with Crippen molar-refractivity contribution in [3.8, 4) is 0 Å². The van der Waals surface area contributed by atoms with Gasteiger partial charge in [-0.2, -0.15) is 4.31 Å². The molecule has 3 rings (SSSR count). The van der Waals surface area contributed by atoms with E-state index in [1.165, 1.54) is 16.4 Å². The van der Waals surface area contributed by atoms with Crippen LogP contribution in [0.2, 0.25) is 0 Å². The number of carbonyl (C=O) groups is 1. The van der Waals surface area contributed by atoms with Crippen LogP contribution in [0.3, 0.4) is 0 Å². The molecule has 1 aliphatic rings. The fourth-order valence-electron chi connectivity index (χ4n) is 3.75. The van der Waals surface area contributed by atoms with Gasteiger partial charge in [-0.3, -0.25) is 9.69 Å². The minimum Gasteiger partial charge on any atom is -0.324 e. The molecule has 0 aromatic heterocycles. The second-order valence-corrected chi connectivity index (χ2v) is 9.89. The molecule has 1 N–H and O–H groups in total. The zero-order chi connectivity index (χ0) is 22.6. The highest BCUT2D eigenvalue weighted by Gasteiger charge is 2.32. The highest BCUT2D eigenvalue weighted by atomic mass is 32.2. The van der Waals surface area contributed by atoms with Gasteiger partial charge in [0, 0.05) is 31.9 Å². The van der Waals surface area contributed by atoms with Crippen molar-refractivity contribution in [3.63, 3.8) is 0 Å². The third-order valence-electron chi connectivity index (χ3n) is 6.01. The standard InChI is InChI=1S/C23H30FN3O3S/c1-4-17(2)21-7-5-6-8-22(21)25-23(28)18(3)26-13-15-27(16-14-26)31(29,30)20-11-9-19(24)10-12-20/h5-12,17-18H,4,13-16H2,1-3H3,(H,25,28)/t17-,18+/m1/s1. The normalized spacial score (nSPS) is 17.8. The van der Waals surface area contributed by atoms with Gasteiger partial charge in [0.15, 0.2) is 0 Å². The van der Waals surface area contributed by atoms with Gasteiger partial charge in [-0.25, -0.2) is 12.8 Å². The van der Waals surface area contributed by atoms with Crippen molar-refractivity contribution in [2.45, 2.75) is 44.0 Å². The van der Waals surface area contributed by atoms with Crippen LogP contribution >= 0.6 is 0 Å². The van der Waals surface area contributed by atoms with Gasteiger partial charge >= 0.3 is 0 Å². The Labute approximate surface area is 184 Å². The summed E-state index contributed by atoms with van der Waals surface area (Å²) in [7, 11) is -3.68. The molecule has 0 unspecified atom stereocenters. The molecule has 0 bridgehead atoms. The third-order valence-corrected chi connectivity index (χ3v) is 7.93. The average Bonchev–Trinajstić information content (AvgIpc) is 2.78. The van der Waals surface area contributed by atoms with Crippen LogP contribution in [0.4, 0.5) is 10.1 Å². The molecule has 0 radical (unpaired) electrons. The molecule has 0 aliphatic carbocycles. The Bertz CT molecular complexity index is 1000. The van der Waals surface area contributed by atoms with Crippen LogP contribution < -0.4 is 5.32 Å². The molecule has 2 atom stereocenters. The van der Waals surface area contributed by atoms with E-state index in [0.717, 1.165) is 29.8 Å². The average molecular weight is 448 g/mol. The van der Waals surface area contributed by atoms with Crippen LogP contribution in [0.25, 0.3) is 0 Å². The first-order valence-corrected chi connectivity index (χ1v) is 12.1. The number of benzene rings is 2. The van der Waals surface area contributed by atoms with Crippen LogP contribution in [0.1, 0.15) is 38.7 Å². The Morgan fingerprint density at radius 2 is 1.65 bits per heavy atom. The number of piperazine rings is 1. The Morgan fingerprint density at radius 3 is 2.26 bits per heavy atom. The van der Waals surface area contributed by atoms with Gasteiger partial charge in [-0.1, -0.05) is 32.0 Å². The smallest absolute Gasteiger partial charge is 0.243 e. The molecule has 168 valence electrons. The molecule has 6 nitrogen and oxygen atoms in total. The van der Waals surface area contributed by atoms with Crippen molar-refractivity contribution in [2.24, 2.45) is 0 Å². The summed E-state index contributed by atoms with van der Waals surface area (Å²) in [5.74, 6) is -0.240. The molecule has 1 heterocycles. The summed E-state index contributed by atoms with van der Waals surface area (Å²) in [6.45, 7) is 7.54. The molecule has 0 spiro atoms. The number of hydrogen-bond acceptors (Lipinski definition) is 4. The zero-order valence-electron chi connectivity index (χ0n) is 18.2. The quantitative estimate of drug-likeness (QED) is 0.703. The predicted molar refractivity (Wildman–Crippen MR) is 120 cm³/mol. The molecule has 1 aliphatic heterocycles. The summed E-state index contributed by atoms with van der Waals surface area (Å²) in [5, 5.41) is 3.05. The predicted octanol–water partition coefficient (Wildman–Crippen LogP) is 3.67. The number of anilines is 1. The number of nitrogens with zero attached hydrogens (tertiary/aromatic N) is 2. The van der Waals surface area contributed by atoms with Crippen LogP contribution in [0.15, 0.2) is 53.4 Å². The molecule has 0 saturated carbocycles. The molecule has 8 heteroatoms. The Balaban J connectivity index is 1.62. The molecule has 1 amide bonds. The van der Waals surface area contributed by atoms with Crippen LogP contribution in [0, 0.1) is 5.82 Å². The Morgan fingerprint density at radius 1 is 1.03 bits per heavy atom. The van der Waals surface area contributed by atoms with E-state index in [4.69, 9.17) is 0 Å². The monoisotopic (exact) mass is 447 g/mol. The van der Waals surface area contributed by atoms with E-state index in [1.54, 1.807) is 0 Å². The number of nitrogens with one attached hydrogen (secondary N) is 1. The van der Waals surface area contributed by atoms with Crippen molar-refractivity contribution in [2.75, 3.05) is 31.5 Å². The lowest BCUT2D eigenvalue weighted by Gasteiger charge is -2.36. The first kappa shape index (κ1) is 23.4. The molecule has 1 fully saturated rings. The van der Waals surface area contributed by atoms with E-state index in [1.807, 2.05) is 36.1 Å². The molecule has 1 saturated heterocycles. The summed E-state index contributed by atoms with van der Waals surface area (Å²) < 4.78 is 40.1. The van der Waals surface area contributed by atoms with Crippen molar-refractivity contribution in [3.05, 3.63) is 59.9 Å². The molecule has 2 aromatic carbocycles. The van der Waals surface area contributed by atoms with Crippen LogP contribution in [-0.4, -0.2) is 55.8 Å². The number of halogens is 1. The van der Waals surface area contributed by atoms with Crippen molar-refractivity contribution < 1.29 is 17.6 Å². The van der Waals surface area contributed by atoms with E-state index >= 15 is 0 Å². The van der Waals surface area contributed by atoms with Gasteiger partial charge in [0.05, 0.1) is 10.9 Å². The summed E-state index contributed by atoms with van der Waals surface area (Å²) in [5.41, 5.74) is 1.94. The van der Waals surface area contributed by atoms with Gasteiger partial charge in [0.2, 0.25) is 15.9 Å². The maximum Gasteiger partial charge on any atom is 0.243 e. The molecule has 31 heavy (non-hydrogen) atoms. The van der Waals surface area contributed by atoms with Crippen molar-refractivity contribution in [1.29, 1.82) is 0 Å². The lowest BCUT2D eigenvalue weighted by atomic mass is 9.97. The number of hydrogen-bond donors (Lipinski definition) is 1. The van der Waals surface area contributed by atoms with Gasteiger partial charge in [0.1, 0.15) is 5.82 Å². The third kappa shape index (κ3) is 5.31. The largest absolute Gasteiger partial charge is 0.324 e. The lowest BCUT2D eigenvalue weighted by Crippen LogP contribution is -2.53. The summed E-state index contributed by atoms with van der Waals surface area (Å²) in [6.07, 6.45) is 0.979. The minimum atomic E-state index is -3.68. The molecule has 2 aromatic rings. The topological polar surface area (TPSA) is 69.7 Å². The van der Waals surface area contributed by atoms with Gasteiger partial charge in [-0.15, -0.1) is 0 Å². The van der Waals surface area contributed by atoms with Crippen LogP contribution in [0.5, 0.6) is 0 Å². The number of carbonyl (C=O) groups excluding carboxylic acids is 1. The fraction of sp³-hybridized carbons (Fsp3) is 0.435. The first-order valence-electron chi connectivity index (χ1n) is 10.6. The summed E-state index contributed by atoms with van der Waals surface area (Å²) in [6, 6.07) is 12.3. The number of para-hydroxylation sites is 1. The highest BCUT2D eigenvalue weighted by molar-refractivity contribution is 7.89. The van der Waals surface area contributed by atoms with Crippen molar-refractivity contribution >= 4 is 21.6 Å². The van der Waals surface area contributed by atoms with Gasteiger partial charge in [-0.05, 0) is 55.2 Å². The molecular formula is C23H30FN3O3S. The highest BCUT2D eigenvalue weighted by Crippen LogP contribution is 2.27. The minimum absolute atomic E-state index is 0.0785. The second kappa shape index (κ2) is 9.89. The number of amides is 1. The van der Waals surface area contributed by atoms with Crippen LogP contribution in [-0.2, 0) is 14.8 Å².